The van der Waals surface area contributed by atoms with Crippen LogP contribution in [0.25, 0.3) is 6.08 Å². The van der Waals surface area contributed by atoms with Crippen LogP contribution >= 0.6 is 0 Å². The topological polar surface area (TPSA) is 44.8 Å². The molecule has 1 aliphatic rings. The minimum Gasteiger partial charge on any atom is -0.497 e. The molecule has 4 heteroatoms. The number of fused-ring (bicyclic) bond motifs is 1. The van der Waals surface area contributed by atoms with Crippen molar-refractivity contribution in [2.45, 2.75) is 0 Å². The van der Waals surface area contributed by atoms with Crippen LogP contribution in [0.3, 0.4) is 0 Å². The monoisotopic (exact) mass is 282 g/mol. The van der Waals surface area contributed by atoms with Gasteiger partial charge in [-0.25, -0.2) is 0 Å². The molecule has 0 saturated carbocycles. The third kappa shape index (κ3) is 2.36. The maximum atomic E-state index is 12.4. The molecule has 0 aliphatic carbocycles. The lowest BCUT2D eigenvalue weighted by Crippen LogP contribution is -1.99. The Kier molecular flexibility index (Phi) is 3.36. The van der Waals surface area contributed by atoms with Crippen molar-refractivity contribution < 1.29 is 19.0 Å². The van der Waals surface area contributed by atoms with E-state index in [1.54, 1.807) is 38.5 Å². The normalized spacial score (nSPS) is 14.8. The third-order valence-corrected chi connectivity index (χ3v) is 3.30. The number of hydrogen-bond donors (Lipinski definition) is 0. The SMILES string of the molecule is COc1ccc2c(c1)C(=O)/C(=C\c1ccccc1OC)O2. The second-order valence-electron chi connectivity index (χ2n) is 4.54. The van der Waals surface area contributed by atoms with Crippen LogP contribution < -0.4 is 14.2 Å². The van der Waals surface area contributed by atoms with Crippen molar-refractivity contribution in [3.8, 4) is 17.2 Å². The summed E-state index contributed by atoms with van der Waals surface area (Å²) in [7, 11) is 3.15. The van der Waals surface area contributed by atoms with E-state index in [-0.39, 0.29) is 11.5 Å². The molecule has 0 fully saturated rings. The molecule has 21 heavy (non-hydrogen) atoms. The highest BCUT2D eigenvalue weighted by Crippen LogP contribution is 2.35. The van der Waals surface area contributed by atoms with Gasteiger partial charge in [0.05, 0.1) is 19.8 Å². The first kappa shape index (κ1) is 13.2. The van der Waals surface area contributed by atoms with Crippen LogP contribution in [0.5, 0.6) is 17.2 Å². The largest absolute Gasteiger partial charge is 0.497 e. The van der Waals surface area contributed by atoms with Crippen molar-refractivity contribution in [2.24, 2.45) is 0 Å². The number of allylic oxidation sites excluding steroid dienone is 1. The van der Waals surface area contributed by atoms with Crippen molar-refractivity contribution in [3.63, 3.8) is 0 Å². The second-order valence-corrected chi connectivity index (χ2v) is 4.54. The number of Topliss-reactive ketones (excluding diaryl/α,β-unsaturated/α-hetero) is 1. The lowest BCUT2D eigenvalue weighted by Gasteiger charge is -2.04. The van der Waals surface area contributed by atoms with Gasteiger partial charge in [0.25, 0.3) is 0 Å². The molecular weight excluding hydrogens is 268 g/mol. The Morgan fingerprint density at radius 2 is 1.86 bits per heavy atom. The molecule has 0 radical (unpaired) electrons. The van der Waals surface area contributed by atoms with Gasteiger partial charge in [-0.3, -0.25) is 4.79 Å². The van der Waals surface area contributed by atoms with E-state index in [1.807, 2.05) is 24.3 Å². The summed E-state index contributed by atoms with van der Waals surface area (Å²) < 4.78 is 16.0. The molecule has 0 aromatic heterocycles. The average Bonchev–Trinajstić information content (AvgIpc) is 2.83. The fraction of sp³-hybridized carbons (Fsp3) is 0.118. The van der Waals surface area contributed by atoms with Crippen LogP contribution in [0.2, 0.25) is 0 Å². The lowest BCUT2D eigenvalue weighted by atomic mass is 10.1. The van der Waals surface area contributed by atoms with Crippen LogP contribution in [-0.2, 0) is 0 Å². The first-order valence-corrected chi connectivity index (χ1v) is 6.48. The van der Waals surface area contributed by atoms with Crippen LogP contribution in [0.15, 0.2) is 48.2 Å². The van der Waals surface area contributed by atoms with Crippen molar-refractivity contribution in [2.75, 3.05) is 14.2 Å². The van der Waals surface area contributed by atoms with Gasteiger partial charge in [-0.1, -0.05) is 18.2 Å². The van der Waals surface area contributed by atoms with E-state index in [1.165, 1.54) is 0 Å². The molecule has 1 heterocycles. The molecular formula is C17H14O4. The fourth-order valence-corrected chi connectivity index (χ4v) is 2.22. The van der Waals surface area contributed by atoms with Gasteiger partial charge in [0.2, 0.25) is 5.78 Å². The van der Waals surface area contributed by atoms with E-state index in [9.17, 15) is 4.79 Å². The Bertz CT molecular complexity index is 731. The lowest BCUT2D eigenvalue weighted by molar-refractivity contribution is 0.101. The van der Waals surface area contributed by atoms with Crippen molar-refractivity contribution in [3.05, 3.63) is 59.4 Å². The number of benzene rings is 2. The fourth-order valence-electron chi connectivity index (χ4n) is 2.22. The summed E-state index contributed by atoms with van der Waals surface area (Å²) >= 11 is 0. The van der Waals surface area contributed by atoms with E-state index < -0.39 is 0 Å². The maximum Gasteiger partial charge on any atom is 0.232 e. The molecule has 0 bridgehead atoms. The molecule has 0 saturated heterocycles. The molecule has 1 aliphatic heterocycles. The van der Waals surface area contributed by atoms with E-state index >= 15 is 0 Å². The summed E-state index contributed by atoms with van der Waals surface area (Å²) in [6.07, 6.45) is 1.69. The smallest absolute Gasteiger partial charge is 0.232 e. The predicted molar refractivity (Wildman–Crippen MR) is 78.9 cm³/mol. The highest BCUT2D eigenvalue weighted by atomic mass is 16.5. The van der Waals surface area contributed by atoms with Crippen LogP contribution in [0.1, 0.15) is 15.9 Å². The first-order valence-electron chi connectivity index (χ1n) is 6.48. The first-order chi connectivity index (χ1) is 10.2. The molecule has 0 unspecified atom stereocenters. The van der Waals surface area contributed by atoms with Crippen LogP contribution in [0.4, 0.5) is 0 Å². The van der Waals surface area contributed by atoms with Gasteiger partial charge in [-0.2, -0.15) is 0 Å². The average molecular weight is 282 g/mol. The number of rotatable bonds is 3. The number of para-hydroxylation sites is 1. The summed E-state index contributed by atoms with van der Waals surface area (Å²) in [6, 6.07) is 12.6. The predicted octanol–water partition coefficient (Wildman–Crippen LogP) is 3.32. The molecule has 4 nitrogen and oxygen atoms in total. The third-order valence-electron chi connectivity index (χ3n) is 3.30. The number of hydrogen-bond acceptors (Lipinski definition) is 4. The van der Waals surface area contributed by atoms with Gasteiger partial charge in [0.15, 0.2) is 5.76 Å². The number of carbonyl (C=O) groups is 1. The molecule has 106 valence electrons. The van der Waals surface area contributed by atoms with E-state index in [0.29, 0.717) is 22.8 Å². The maximum absolute atomic E-state index is 12.4. The van der Waals surface area contributed by atoms with E-state index in [2.05, 4.69) is 0 Å². The summed E-state index contributed by atoms with van der Waals surface area (Å²) in [6.45, 7) is 0. The number of carbonyl (C=O) groups excluding carboxylic acids is 1. The van der Waals surface area contributed by atoms with Gasteiger partial charge >= 0.3 is 0 Å². The molecule has 2 aromatic carbocycles. The minimum absolute atomic E-state index is 0.158. The Morgan fingerprint density at radius 3 is 2.62 bits per heavy atom. The van der Waals surface area contributed by atoms with Crippen LogP contribution in [0, 0.1) is 0 Å². The minimum atomic E-state index is -0.158. The van der Waals surface area contributed by atoms with Crippen LogP contribution in [-0.4, -0.2) is 20.0 Å². The van der Waals surface area contributed by atoms with Crippen molar-refractivity contribution >= 4 is 11.9 Å². The summed E-state index contributed by atoms with van der Waals surface area (Å²) in [5.74, 6) is 1.98. The second kappa shape index (κ2) is 5.32. The van der Waals surface area contributed by atoms with Gasteiger partial charge < -0.3 is 14.2 Å². The molecule has 0 spiro atoms. The Balaban J connectivity index is 1.99. The highest BCUT2D eigenvalue weighted by molar-refractivity contribution is 6.14. The number of ketones is 1. The number of ether oxygens (including phenoxy) is 3. The highest BCUT2D eigenvalue weighted by Gasteiger charge is 2.28. The Hall–Kier alpha value is -2.75. The molecule has 0 N–H and O–H groups in total. The Labute approximate surface area is 122 Å². The zero-order chi connectivity index (χ0) is 14.8. The van der Waals surface area contributed by atoms with Gasteiger partial charge in [-0.15, -0.1) is 0 Å². The quantitative estimate of drug-likeness (QED) is 0.810. The Morgan fingerprint density at radius 1 is 1.05 bits per heavy atom. The van der Waals surface area contributed by atoms with Gasteiger partial charge in [-0.05, 0) is 30.3 Å². The number of methoxy groups -OCH3 is 2. The zero-order valence-electron chi connectivity index (χ0n) is 11.8. The molecule has 3 rings (SSSR count). The van der Waals surface area contributed by atoms with E-state index in [4.69, 9.17) is 14.2 Å². The zero-order valence-corrected chi connectivity index (χ0v) is 11.8. The van der Waals surface area contributed by atoms with Crippen molar-refractivity contribution in [1.29, 1.82) is 0 Å². The molecule has 0 amide bonds. The molecule has 2 aromatic rings. The van der Waals surface area contributed by atoms with Gasteiger partial charge in [0.1, 0.15) is 17.2 Å². The summed E-state index contributed by atoms with van der Waals surface area (Å²) in [4.78, 5) is 12.4. The summed E-state index contributed by atoms with van der Waals surface area (Å²) in [5, 5.41) is 0. The molecule has 0 atom stereocenters. The van der Waals surface area contributed by atoms with Crippen molar-refractivity contribution in [1.82, 2.24) is 0 Å². The van der Waals surface area contributed by atoms with E-state index in [0.717, 1.165) is 5.56 Å². The standard InChI is InChI=1S/C17H14O4/c1-19-12-7-8-15-13(10-12)17(18)16(21-15)9-11-5-3-4-6-14(11)20-2/h3-10H,1-2H3/b16-9+. The van der Waals surface area contributed by atoms with Gasteiger partial charge in [0, 0.05) is 5.56 Å². The summed E-state index contributed by atoms with van der Waals surface area (Å²) in [5.41, 5.74) is 1.30.